The average Bonchev–Trinajstić information content (AvgIpc) is 2.18. The molecular formula is C12H23NO2. The molecule has 0 atom stereocenters. The van der Waals surface area contributed by atoms with Crippen LogP contribution in [-0.4, -0.2) is 23.7 Å². The lowest BCUT2D eigenvalue weighted by Crippen LogP contribution is -2.39. The van der Waals surface area contributed by atoms with Crippen LogP contribution in [0.15, 0.2) is 0 Å². The number of nitrogens with one attached hydrogen (secondary N) is 1. The van der Waals surface area contributed by atoms with Gasteiger partial charge in [-0.05, 0) is 37.5 Å². The van der Waals surface area contributed by atoms with E-state index in [9.17, 15) is 4.79 Å². The van der Waals surface area contributed by atoms with Crippen molar-refractivity contribution in [3.63, 3.8) is 0 Å². The summed E-state index contributed by atoms with van der Waals surface area (Å²) < 4.78 is 0. The molecule has 1 fully saturated rings. The maximum atomic E-state index is 11.4. The molecule has 1 aliphatic carbocycles. The van der Waals surface area contributed by atoms with Crippen LogP contribution in [0.2, 0.25) is 0 Å². The van der Waals surface area contributed by atoms with Gasteiger partial charge in [0.25, 0.3) is 0 Å². The number of carbonyl (C=O) groups is 1. The fraction of sp³-hybridized carbons (Fsp3) is 0.917. The molecule has 3 nitrogen and oxygen atoms in total. The highest BCUT2D eigenvalue weighted by Crippen LogP contribution is 2.34. The number of hydrogen-bond acceptors (Lipinski definition) is 2. The molecule has 0 spiro atoms. The van der Waals surface area contributed by atoms with Crippen LogP contribution in [0.1, 0.15) is 52.4 Å². The number of hydrogen-bond donors (Lipinski definition) is 2. The van der Waals surface area contributed by atoms with Crippen LogP contribution >= 0.6 is 0 Å². The molecule has 0 aromatic rings. The van der Waals surface area contributed by atoms with E-state index in [4.69, 9.17) is 5.11 Å². The van der Waals surface area contributed by atoms with E-state index >= 15 is 0 Å². The lowest BCUT2D eigenvalue weighted by atomic mass is 9.75. The molecule has 1 rings (SSSR count). The fourth-order valence-electron chi connectivity index (χ4n) is 2.08. The first-order chi connectivity index (χ1) is 7.03. The normalized spacial score (nSPS) is 21.3. The van der Waals surface area contributed by atoms with E-state index in [1.165, 1.54) is 12.8 Å². The highest BCUT2D eigenvalue weighted by Gasteiger charge is 2.27. The van der Waals surface area contributed by atoms with Gasteiger partial charge in [-0.1, -0.05) is 13.8 Å². The molecule has 2 N–H and O–H groups in total. The first-order valence-electron chi connectivity index (χ1n) is 5.94. The van der Waals surface area contributed by atoms with Gasteiger partial charge < -0.3 is 10.4 Å². The molecule has 88 valence electrons. The van der Waals surface area contributed by atoms with Crippen molar-refractivity contribution in [2.24, 2.45) is 5.41 Å². The minimum Gasteiger partial charge on any atom is -0.396 e. The molecule has 0 aliphatic heterocycles. The maximum Gasteiger partial charge on any atom is 0.220 e. The topological polar surface area (TPSA) is 49.3 Å². The Balaban J connectivity index is 2.21. The van der Waals surface area contributed by atoms with Gasteiger partial charge in [-0.2, -0.15) is 0 Å². The van der Waals surface area contributed by atoms with Crippen LogP contribution < -0.4 is 5.32 Å². The first-order valence-corrected chi connectivity index (χ1v) is 5.94. The molecule has 1 amide bonds. The standard InChI is InChI=1S/C12H23NO2/c1-12(2)7-5-10(6-8-12)13-11(15)4-3-9-14/h10,14H,3-9H2,1-2H3,(H,13,15). The largest absolute Gasteiger partial charge is 0.396 e. The third-order valence-corrected chi connectivity index (χ3v) is 3.27. The van der Waals surface area contributed by atoms with Gasteiger partial charge >= 0.3 is 0 Å². The molecule has 15 heavy (non-hydrogen) atoms. The van der Waals surface area contributed by atoms with Gasteiger partial charge in [0.05, 0.1) is 0 Å². The Hall–Kier alpha value is -0.570. The van der Waals surface area contributed by atoms with Crippen LogP contribution in [0.3, 0.4) is 0 Å². The third kappa shape index (κ3) is 4.65. The van der Waals surface area contributed by atoms with Crippen LogP contribution in [0.5, 0.6) is 0 Å². The van der Waals surface area contributed by atoms with E-state index in [1.807, 2.05) is 0 Å². The first kappa shape index (κ1) is 12.5. The van der Waals surface area contributed by atoms with Crippen LogP contribution in [0.4, 0.5) is 0 Å². The Bertz CT molecular complexity index is 204. The second kappa shape index (κ2) is 5.50. The lowest BCUT2D eigenvalue weighted by Gasteiger charge is -2.34. The van der Waals surface area contributed by atoms with Gasteiger partial charge in [-0.15, -0.1) is 0 Å². The molecule has 0 aromatic carbocycles. The number of amides is 1. The smallest absolute Gasteiger partial charge is 0.220 e. The van der Waals surface area contributed by atoms with Crippen molar-refractivity contribution in [1.29, 1.82) is 0 Å². The molecule has 1 aliphatic rings. The third-order valence-electron chi connectivity index (χ3n) is 3.27. The summed E-state index contributed by atoms with van der Waals surface area (Å²) in [6.45, 7) is 4.68. The quantitative estimate of drug-likeness (QED) is 0.748. The fourth-order valence-corrected chi connectivity index (χ4v) is 2.08. The zero-order valence-corrected chi connectivity index (χ0v) is 9.88. The van der Waals surface area contributed by atoms with E-state index in [-0.39, 0.29) is 12.5 Å². The van der Waals surface area contributed by atoms with Gasteiger partial charge in [0, 0.05) is 19.1 Å². The van der Waals surface area contributed by atoms with Crippen molar-refractivity contribution < 1.29 is 9.90 Å². The predicted molar refractivity (Wildman–Crippen MR) is 60.5 cm³/mol. The Morgan fingerprint density at radius 1 is 1.40 bits per heavy atom. The Morgan fingerprint density at radius 3 is 2.53 bits per heavy atom. The molecule has 0 radical (unpaired) electrons. The summed E-state index contributed by atoms with van der Waals surface area (Å²) in [5.74, 6) is 0.0914. The van der Waals surface area contributed by atoms with E-state index in [0.29, 0.717) is 24.3 Å². The predicted octanol–water partition coefficient (Wildman–Crippen LogP) is 1.84. The molecule has 3 heteroatoms. The van der Waals surface area contributed by atoms with Crippen LogP contribution in [0.25, 0.3) is 0 Å². The van der Waals surface area contributed by atoms with E-state index in [0.717, 1.165) is 12.8 Å². The zero-order chi connectivity index (χ0) is 11.3. The summed E-state index contributed by atoms with van der Waals surface area (Å²) in [7, 11) is 0. The number of carbonyl (C=O) groups excluding carboxylic acids is 1. The highest BCUT2D eigenvalue weighted by atomic mass is 16.3. The number of aliphatic hydroxyl groups excluding tert-OH is 1. The summed E-state index contributed by atoms with van der Waals surface area (Å²) in [5, 5.41) is 11.7. The van der Waals surface area contributed by atoms with Crippen molar-refractivity contribution in [1.82, 2.24) is 5.32 Å². The van der Waals surface area contributed by atoms with Crippen LogP contribution in [0, 0.1) is 5.41 Å². The van der Waals surface area contributed by atoms with Gasteiger partial charge in [-0.25, -0.2) is 0 Å². The molecule has 0 saturated heterocycles. The monoisotopic (exact) mass is 213 g/mol. The number of rotatable bonds is 4. The molecular weight excluding hydrogens is 190 g/mol. The SMILES string of the molecule is CC1(C)CCC(NC(=O)CCCO)CC1. The Labute approximate surface area is 92.3 Å². The van der Waals surface area contributed by atoms with Gasteiger partial charge in [0.2, 0.25) is 5.91 Å². The minimum absolute atomic E-state index is 0.0914. The summed E-state index contributed by atoms with van der Waals surface area (Å²) in [5.41, 5.74) is 0.451. The second-order valence-corrected chi connectivity index (χ2v) is 5.33. The summed E-state index contributed by atoms with van der Waals surface area (Å²) >= 11 is 0. The van der Waals surface area contributed by atoms with Crippen molar-refractivity contribution in [2.75, 3.05) is 6.61 Å². The molecule has 0 aromatic heterocycles. The van der Waals surface area contributed by atoms with Crippen LogP contribution in [-0.2, 0) is 4.79 Å². The molecule has 0 bridgehead atoms. The van der Waals surface area contributed by atoms with Crippen molar-refractivity contribution >= 4 is 5.91 Å². The molecule has 1 saturated carbocycles. The van der Waals surface area contributed by atoms with Gasteiger partial charge in [0.1, 0.15) is 0 Å². The molecule has 0 unspecified atom stereocenters. The maximum absolute atomic E-state index is 11.4. The lowest BCUT2D eigenvalue weighted by molar-refractivity contribution is -0.122. The average molecular weight is 213 g/mol. The summed E-state index contributed by atoms with van der Waals surface area (Å²) in [6, 6.07) is 0.365. The minimum atomic E-state index is 0.0914. The summed E-state index contributed by atoms with van der Waals surface area (Å²) in [6.07, 6.45) is 5.60. The zero-order valence-electron chi connectivity index (χ0n) is 9.88. The van der Waals surface area contributed by atoms with E-state index < -0.39 is 0 Å². The van der Waals surface area contributed by atoms with Crippen molar-refractivity contribution in [3.05, 3.63) is 0 Å². The van der Waals surface area contributed by atoms with Gasteiger partial charge in [-0.3, -0.25) is 4.79 Å². The second-order valence-electron chi connectivity index (χ2n) is 5.33. The number of aliphatic hydroxyl groups is 1. The highest BCUT2D eigenvalue weighted by molar-refractivity contribution is 5.76. The summed E-state index contributed by atoms with van der Waals surface area (Å²) in [4.78, 5) is 11.4. The van der Waals surface area contributed by atoms with E-state index in [2.05, 4.69) is 19.2 Å². The molecule has 0 heterocycles. The Morgan fingerprint density at radius 2 is 2.00 bits per heavy atom. The Kier molecular flexibility index (Phi) is 4.58. The van der Waals surface area contributed by atoms with Gasteiger partial charge in [0.15, 0.2) is 0 Å². The van der Waals surface area contributed by atoms with Crippen molar-refractivity contribution in [3.8, 4) is 0 Å². The van der Waals surface area contributed by atoms with Crippen molar-refractivity contribution in [2.45, 2.75) is 58.4 Å². The van der Waals surface area contributed by atoms with E-state index in [1.54, 1.807) is 0 Å².